The van der Waals surface area contributed by atoms with Crippen molar-refractivity contribution in [3.8, 4) is 0 Å². The van der Waals surface area contributed by atoms with Gasteiger partial charge < -0.3 is 9.05 Å². The van der Waals surface area contributed by atoms with Crippen molar-refractivity contribution in [2.24, 2.45) is 0 Å². The maximum absolute atomic E-state index is 12.1. The molecule has 0 aromatic carbocycles. The third-order valence-corrected chi connectivity index (χ3v) is 1.25. The Bertz CT molecular complexity index is 298. The highest BCUT2D eigenvalue weighted by molar-refractivity contribution is 6.37. The van der Waals surface area contributed by atoms with Gasteiger partial charge in [-0.15, -0.1) is 0 Å². The zero-order valence-electron chi connectivity index (χ0n) is 7.32. The Hall–Kier alpha value is -1.26. The van der Waals surface area contributed by atoms with Crippen LogP contribution >= 0.6 is 0 Å². The van der Waals surface area contributed by atoms with Crippen LogP contribution in [-0.2, 0) is 4.74 Å². The summed E-state index contributed by atoms with van der Waals surface area (Å²) in [4.78, 5) is 10.9. The second-order valence-corrected chi connectivity index (χ2v) is 1.99. The first-order valence-corrected chi connectivity index (χ1v) is 3.06. The standard InChI is InChI=1S/C5H5B2FN2O2/c1-12-5(11)3-2-4(6)10(7-8)9-3/h2,6H,1H3/i6D. The summed E-state index contributed by atoms with van der Waals surface area (Å²) >= 11 is 0. The van der Waals surface area contributed by atoms with Gasteiger partial charge in [-0.3, -0.25) is 4.59 Å². The van der Waals surface area contributed by atoms with Crippen molar-refractivity contribution in [1.29, 1.82) is 1.34 Å². The summed E-state index contributed by atoms with van der Waals surface area (Å²) in [7, 11) is 2.24. The number of aromatic nitrogens is 2. The molecule has 0 bridgehead atoms. The molecule has 12 heavy (non-hydrogen) atoms. The fourth-order valence-corrected chi connectivity index (χ4v) is 0.691. The number of methoxy groups -OCH3 is 1. The Balaban J connectivity index is 2.99. The van der Waals surface area contributed by atoms with Gasteiger partial charge in [-0.1, -0.05) is 0 Å². The number of carbonyl (C=O) groups excluding carboxylic acids is 1. The monoisotopic (exact) mass is 167 g/mol. The SMILES string of the molecule is [2H][B]c1cc(C(=O)OC)nn1[B]F. The van der Waals surface area contributed by atoms with Crippen molar-refractivity contribution in [2.75, 3.05) is 7.11 Å². The van der Waals surface area contributed by atoms with Crippen molar-refractivity contribution in [2.45, 2.75) is 0 Å². The molecule has 0 spiro atoms. The predicted octanol–water partition coefficient (Wildman–Crippen LogP) is -1.45. The molecular weight excluding hydrogens is 161 g/mol. The highest BCUT2D eigenvalue weighted by Crippen LogP contribution is 1.93. The second kappa shape index (κ2) is 3.42. The van der Waals surface area contributed by atoms with E-state index in [-0.39, 0.29) is 19.0 Å². The highest BCUT2D eigenvalue weighted by Gasteiger charge is 2.12. The van der Waals surface area contributed by atoms with Gasteiger partial charge >= 0.3 is 13.7 Å². The Labute approximate surface area is 71.8 Å². The summed E-state index contributed by atoms with van der Waals surface area (Å²) < 4.78 is 24.1. The fraction of sp³-hybridized carbons (Fsp3) is 0.200. The molecule has 1 aromatic rings. The molecule has 2 radical (unpaired) electrons. The van der Waals surface area contributed by atoms with Crippen molar-refractivity contribution in [3.05, 3.63) is 11.8 Å². The second-order valence-electron chi connectivity index (χ2n) is 1.99. The lowest BCUT2D eigenvalue weighted by atomic mass is 10.0. The number of nitrogens with zero attached hydrogens (tertiary/aromatic N) is 2. The van der Waals surface area contributed by atoms with Gasteiger partial charge in [0.1, 0.15) is 0 Å². The van der Waals surface area contributed by atoms with Crippen LogP contribution in [0.15, 0.2) is 6.07 Å². The van der Waals surface area contributed by atoms with Crippen LogP contribution in [0.1, 0.15) is 10.5 Å². The van der Waals surface area contributed by atoms with Gasteiger partial charge in [-0.25, -0.2) is 4.79 Å². The molecule has 60 valence electrons. The Kier molecular flexibility index (Phi) is 2.11. The molecule has 1 heterocycles. The van der Waals surface area contributed by atoms with Gasteiger partial charge in [-0.05, 0) is 13.0 Å². The third kappa shape index (κ3) is 1.49. The van der Waals surface area contributed by atoms with E-state index >= 15 is 0 Å². The van der Waals surface area contributed by atoms with E-state index in [1.807, 2.05) is 0 Å². The fourth-order valence-electron chi connectivity index (χ4n) is 0.691. The van der Waals surface area contributed by atoms with Crippen LogP contribution in [-0.4, -0.2) is 39.6 Å². The van der Waals surface area contributed by atoms with Crippen molar-refractivity contribution in [1.82, 2.24) is 9.69 Å². The summed E-state index contributed by atoms with van der Waals surface area (Å²) in [5.41, 5.74) is 0.137. The lowest BCUT2D eigenvalue weighted by Crippen LogP contribution is -2.20. The van der Waals surface area contributed by atoms with E-state index in [4.69, 9.17) is 1.34 Å². The van der Waals surface area contributed by atoms with Gasteiger partial charge in [0.05, 0.1) is 7.11 Å². The van der Waals surface area contributed by atoms with E-state index in [2.05, 4.69) is 9.84 Å². The number of carbonyl (C=O) groups is 1. The summed E-state index contributed by atoms with van der Waals surface area (Å²) in [5, 5.41) is 3.53. The van der Waals surface area contributed by atoms with Crippen LogP contribution in [0.25, 0.3) is 0 Å². The molecule has 0 aliphatic rings. The molecule has 0 aliphatic heterocycles. The van der Waals surface area contributed by atoms with E-state index in [1.54, 1.807) is 0 Å². The van der Waals surface area contributed by atoms with E-state index in [1.165, 1.54) is 13.2 Å². The smallest absolute Gasteiger partial charge is 0.464 e. The van der Waals surface area contributed by atoms with E-state index in [9.17, 15) is 9.11 Å². The van der Waals surface area contributed by atoms with Crippen LogP contribution < -0.4 is 5.59 Å². The quantitative estimate of drug-likeness (QED) is 0.408. The minimum atomic E-state index is -0.663. The molecule has 0 unspecified atom stereocenters. The first-order chi connectivity index (χ1) is 6.22. The molecule has 7 heteroatoms. The summed E-state index contributed by atoms with van der Waals surface area (Å²) in [5.74, 6) is -0.663. The summed E-state index contributed by atoms with van der Waals surface area (Å²) in [6.45, 7) is 0. The maximum Gasteiger partial charge on any atom is 0.511 e. The van der Waals surface area contributed by atoms with Crippen LogP contribution in [0, 0.1) is 0 Å². The lowest BCUT2D eigenvalue weighted by Gasteiger charge is -1.92. The normalized spacial score (nSPS) is 10.3. The number of halogens is 1. The Morgan fingerprint density at radius 3 is 3.25 bits per heavy atom. The van der Waals surface area contributed by atoms with Gasteiger partial charge in [0.15, 0.2) is 13.5 Å². The van der Waals surface area contributed by atoms with Crippen LogP contribution in [0.2, 0.25) is 0 Å². The summed E-state index contributed by atoms with van der Waals surface area (Å²) in [6.07, 6.45) is 0. The molecule has 1 rings (SSSR count). The first-order valence-electron chi connectivity index (χ1n) is 3.63. The molecule has 0 fully saturated rings. The molecule has 0 saturated heterocycles. The maximum atomic E-state index is 12.1. The minimum absolute atomic E-state index is 0.0325. The average Bonchev–Trinajstić information content (AvgIpc) is 2.59. The zero-order valence-corrected chi connectivity index (χ0v) is 6.32. The minimum Gasteiger partial charge on any atom is -0.464 e. The highest BCUT2D eigenvalue weighted by atomic mass is 19.1. The van der Waals surface area contributed by atoms with Crippen molar-refractivity contribution < 1.29 is 13.8 Å². The number of ether oxygens (including phenoxy) is 1. The number of esters is 1. The molecule has 0 N–H and O–H groups in total. The van der Waals surface area contributed by atoms with Crippen LogP contribution in [0.3, 0.4) is 0 Å². The molecule has 0 saturated carbocycles. The first kappa shape index (κ1) is 7.39. The third-order valence-electron chi connectivity index (χ3n) is 1.25. The average molecular weight is 167 g/mol. The van der Waals surface area contributed by atoms with Gasteiger partial charge in [-0.2, -0.15) is 5.10 Å². The van der Waals surface area contributed by atoms with Gasteiger partial charge in [0.25, 0.3) is 0 Å². The predicted molar refractivity (Wildman–Crippen MR) is 42.6 cm³/mol. The summed E-state index contributed by atoms with van der Waals surface area (Å²) in [6, 6.07) is 1.26. The van der Waals surface area contributed by atoms with E-state index in [0.29, 0.717) is 0 Å². The molecule has 1 aromatic heterocycles. The van der Waals surface area contributed by atoms with Crippen molar-refractivity contribution >= 4 is 27.1 Å². The van der Waals surface area contributed by atoms with E-state index < -0.39 is 5.97 Å². The number of rotatable bonds is 3. The number of hydrogen-bond donors (Lipinski definition) is 0. The van der Waals surface area contributed by atoms with Gasteiger partial charge in [0.2, 0.25) is 0 Å². The molecule has 0 atom stereocenters. The largest absolute Gasteiger partial charge is 0.511 e. The van der Waals surface area contributed by atoms with Crippen LogP contribution in [0.5, 0.6) is 0 Å². The van der Waals surface area contributed by atoms with Crippen LogP contribution in [0.4, 0.5) is 4.32 Å². The lowest BCUT2D eigenvalue weighted by molar-refractivity contribution is 0.0593. The zero-order chi connectivity index (χ0) is 9.84. The molecule has 4 nitrogen and oxygen atoms in total. The topological polar surface area (TPSA) is 44.1 Å². The van der Waals surface area contributed by atoms with E-state index in [0.717, 1.165) is 12.4 Å². The molecule has 0 amide bonds. The number of hydrogen-bond acceptors (Lipinski definition) is 3. The van der Waals surface area contributed by atoms with Gasteiger partial charge in [0, 0.05) is 0 Å². The Morgan fingerprint density at radius 2 is 2.83 bits per heavy atom. The van der Waals surface area contributed by atoms with Crippen molar-refractivity contribution in [3.63, 3.8) is 0 Å². The molecule has 0 aliphatic carbocycles. The molecular formula is C5H5B2FN2O2. The Morgan fingerprint density at radius 1 is 2.08 bits per heavy atom.